The van der Waals surface area contributed by atoms with Crippen molar-refractivity contribution in [3.63, 3.8) is 0 Å². The van der Waals surface area contributed by atoms with Gasteiger partial charge in [-0.2, -0.15) is 0 Å². The molecule has 1 fully saturated rings. The van der Waals surface area contributed by atoms with Gasteiger partial charge in [-0.05, 0) is 25.8 Å². The Labute approximate surface area is 97.4 Å². The van der Waals surface area contributed by atoms with Crippen LogP contribution in [0.2, 0.25) is 0 Å². The Kier molecular flexibility index (Phi) is 6.11. The summed E-state index contributed by atoms with van der Waals surface area (Å²) >= 11 is 3.56. The van der Waals surface area contributed by atoms with Gasteiger partial charge in [-0.3, -0.25) is 0 Å². The molecule has 0 amide bonds. The second kappa shape index (κ2) is 6.84. The number of hydrogen-bond donors (Lipinski definition) is 0. The molecule has 0 aromatic heterocycles. The van der Waals surface area contributed by atoms with Gasteiger partial charge in [0.05, 0.1) is 0 Å². The lowest BCUT2D eigenvalue weighted by Gasteiger charge is -2.29. The minimum absolute atomic E-state index is 0.781. The molecule has 0 saturated heterocycles. The molecule has 1 unspecified atom stereocenters. The van der Waals surface area contributed by atoms with Crippen LogP contribution in [0.5, 0.6) is 0 Å². The second-order valence-electron chi connectivity index (χ2n) is 4.84. The summed E-state index contributed by atoms with van der Waals surface area (Å²) in [6.45, 7) is 3.57. The van der Waals surface area contributed by atoms with Gasteiger partial charge < -0.3 is 4.90 Å². The third kappa shape index (κ3) is 4.31. The lowest BCUT2D eigenvalue weighted by atomic mass is 10.1. The fourth-order valence-electron chi connectivity index (χ4n) is 2.39. The fraction of sp³-hybridized carbons (Fsp3) is 1.00. The summed E-state index contributed by atoms with van der Waals surface area (Å²) in [5.74, 6) is 0.781. The summed E-state index contributed by atoms with van der Waals surface area (Å²) in [7, 11) is 2.30. The maximum absolute atomic E-state index is 3.56. The molecule has 0 aromatic rings. The van der Waals surface area contributed by atoms with E-state index in [4.69, 9.17) is 0 Å². The van der Waals surface area contributed by atoms with E-state index in [9.17, 15) is 0 Å². The Morgan fingerprint density at radius 1 is 1.21 bits per heavy atom. The Balaban J connectivity index is 2.30. The largest absolute Gasteiger partial charge is 0.303 e. The molecular weight excluding hydrogens is 238 g/mol. The van der Waals surface area contributed by atoms with Gasteiger partial charge in [-0.15, -0.1) is 0 Å². The van der Waals surface area contributed by atoms with Crippen molar-refractivity contribution in [2.24, 2.45) is 5.92 Å². The molecule has 1 rings (SSSR count). The molecule has 1 atom stereocenters. The highest BCUT2D eigenvalue weighted by Crippen LogP contribution is 2.21. The van der Waals surface area contributed by atoms with Crippen molar-refractivity contribution >= 4 is 15.9 Å². The van der Waals surface area contributed by atoms with E-state index in [2.05, 4.69) is 34.8 Å². The Bertz CT molecular complexity index is 141. The summed E-state index contributed by atoms with van der Waals surface area (Å²) in [5.41, 5.74) is 0. The minimum atomic E-state index is 0.781. The molecule has 0 bridgehead atoms. The van der Waals surface area contributed by atoms with E-state index in [1.807, 2.05) is 0 Å². The molecule has 1 saturated carbocycles. The number of rotatable bonds is 4. The average Bonchev–Trinajstić information content (AvgIpc) is 2.45. The van der Waals surface area contributed by atoms with Crippen molar-refractivity contribution in [1.29, 1.82) is 0 Å². The number of alkyl halides is 1. The molecule has 0 radical (unpaired) electrons. The summed E-state index contributed by atoms with van der Waals surface area (Å²) < 4.78 is 0. The lowest BCUT2D eigenvalue weighted by Crippen LogP contribution is -2.35. The molecule has 14 heavy (non-hydrogen) atoms. The standard InChI is InChI=1S/C12H24BrN/c1-11(9-13)10-14(2)12-7-5-3-4-6-8-12/h11-12H,3-10H2,1-2H3. The van der Waals surface area contributed by atoms with Crippen molar-refractivity contribution in [1.82, 2.24) is 4.90 Å². The van der Waals surface area contributed by atoms with Crippen LogP contribution in [0.25, 0.3) is 0 Å². The Hall–Kier alpha value is 0.440. The first-order valence-electron chi connectivity index (χ1n) is 6.00. The van der Waals surface area contributed by atoms with E-state index in [-0.39, 0.29) is 0 Å². The van der Waals surface area contributed by atoms with Crippen molar-refractivity contribution in [2.45, 2.75) is 51.5 Å². The summed E-state index contributed by atoms with van der Waals surface area (Å²) in [6.07, 6.45) is 8.64. The zero-order valence-electron chi connectivity index (χ0n) is 9.64. The van der Waals surface area contributed by atoms with Gasteiger partial charge >= 0.3 is 0 Å². The van der Waals surface area contributed by atoms with E-state index in [1.165, 1.54) is 45.1 Å². The van der Waals surface area contributed by atoms with Crippen molar-refractivity contribution in [2.75, 3.05) is 18.9 Å². The third-order valence-electron chi connectivity index (χ3n) is 3.31. The fourth-order valence-corrected chi connectivity index (χ4v) is 2.59. The molecular formula is C12H24BrN. The van der Waals surface area contributed by atoms with Crippen molar-refractivity contribution in [3.8, 4) is 0 Å². The summed E-state index contributed by atoms with van der Waals surface area (Å²) in [5, 5.41) is 1.13. The van der Waals surface area contributed by atoms with Crippen molar-refractivity contribution < 1.29 is 0 Å². The van der Waals surface area contributed by atoms with Gasteiger partial charge in [0, 0.05) is 17.9 Å². The summed E-state index contributed by atoms with van der Waals surface area (Å²) in [4.78, 5) is 2.58. The Morgan fingerprint density at radius 2 is 1.79 bits per heavy atom. The highest BCUT2D eigenvalue weighted by atomic mass is 79.9. The van der Waals surface area contributed by atoms with Crippen LogP contribution >= 0.6 is 15.9 Å². The molecule has 0 N–H and O–H groups in total. The predicted molar refractivity (Wildman–Crippen MR) is 67.1 cm³/mol. The van der Waals surface area contributed by atoms with Gasteiger partial charge in [0.1, 0.15) is 0 Å². The maximum Gasteiger partial charge on any atom is 0.00923 e. The maximum atomic E-state index is 3.56. The molecule has 0 spiro atoms. The van der Waals surface area contributed by atoms with Gasteiger partial charge in [-0.25, -0.2) is 0 Å². The molecule has 1 aliphatic carbocycles. The number of halogens is 1. The average molecular weight is 262 g/mol. The van der Waals surface area contributed by atoms with Gasteiger partial charge in [0.25, 0.3) is 0 Å². The first-order valence-corrected chi connectivity index (χ1v) is 7.12. The normalized spacial score (nSPS) is 22.3. The van der Waals surface area contributed by atoms with Gasteiger partial charge in [0.15, 0.2) is 0 Å². The molecule has 2 heteroatoms. The first kappa shape index (κ1) is 12.5. The number of nitrogens with zero attached hydrogens (tertiary/aromatic N) is 1. The number of hydrogen-bond acceptors (Lipinski definition) is 1. The predicted octanol–water partition coefficient (Wildman–Crippen LogP) is 3.67. The topological polar surface area (TPSA) is 3.24 Å². The molecule has 1 aliphatic rings. The Morgan fingerprint density at radius 3 is 2.29 bits per heavy atom. The van der Waals surface area contributed by atoms with Crippen LogP contribution in [0.3, 0.4) is 0 Å². The zero-order valence-corrected chi connectivity index (χ0v) is 11.2. The quantitative estimate of drug-likeness (QED) is 0.552. The van der Waals surface area contributed by atoms with Gasteiger partial charge in [-0.1, -0.05) is 48.5 Å². The van der Waals surface area contributed by atoms with Crippen LogP contribution in [-0.4, -0.2) is 29.9 Å². The van der Waals surface area contributed by atoms with Crippen LogP contribution in [0.15, 0.2) is 0 Å². The van der Waals surface area contributed by atoms with Crippen LogP contribution in [0, 0.1) is 5.92 Å². The minimum Gasteiger partial charge on any atom is -0.303 e. The van der Waals surface area contributed by atoms with Crippen LogP contribution in [0.1, 0.15) is 45.4 Å². The second-order valence-corrected chi connectivity index (χ2v) is 5.49. The molecule has 84 valence electrons. The first-order chi connectivity index (χ1) is 6.74. The van der Waals surface area contributed by atoms with E-state index in [1.54, 1.807) is 0 Å². The van der Waals surface area contributed by atoms with E-state index < -0.39 is 0 Å². The smallest absolute Gasteiger partial charge is 0.00923 e. The van der Waals surface area contributed by atoms with Crippen LogP contribution in [-0.2, 0) is 0 Å². The SMILES string of the molecule is CC(CBr)CN(C)C1CCCCCC1. The lowest BCUT2D eigenvalue weighted by molar-refractivity contribution is 0.200. The molecule has 0 heterocycles. The highest BCUT2D eigenvalue weighted by molar-refractivity contribution is 9.09. The summed E-state index contributed by atoms with van der Waals surface area (Å²) in [6, 6.07) is 0.860. The third-order valence-corrected chi connectivity index (χ3v) is 4.42. The molecule has 0 aliphatic heterocycles. The molecule has 1 nitrogen and oxygen atoms in total. The molecule has 0 aromatic carbocycles. The monoisotopic (exact) mass is 261 g/mol. The van der Waals surface area contributed by atoms with E-state index in [0.29, 0.717) is 0 Å². The van der Waals surface area contributed by atoms with Crippen molar-refractivity contribution in [3.05, 3.63) is 0 Å². The van der Waals surface area contributed by atoms with Gasteiger partial charge in [0.2, 0.25) is 0 Å². The van der Waals surface area contributed by atoms with Crippen LogP contribution < -0.4 is 0 Å². The highest BCUT2D eigenvalue weighted by Gasteiger charge is 2.17. The van der Waals surface area contributed by atoms with Crippen LogP contribution in [0.4, 0.5) is 0 Å². The van der Waals surface area contributed by atoms with E-state index >= 15 is 0 Å². The van der Waals surface area contributed by atoms with E-state index in [0.717, 1.165) is 17.3 Å². The zero-order chi connectivity index (χ0) is 10.4.